The molecule has 0 bridgehead atoms. The number of aromatic nitrogens is 3. The molecule has 1 aromatic carbocycles. The first-order chi connectivity index (χ1) is 21.0. The molecule has 5 rings (SSSR count). The maximum Gasteiger partial charge on any atom is 0.310 e. The molecule has 0 unspecified atom stereocenters. The van der Waals surface area contributed by atoms with Crippen LogP contribution in [0, 0.1) is 22.7 Å². The monoisotopic (exact) mass is 602 g/mol. The van der Waals surface area contributed by atoms with E-state index in [1.807, 2.05) is 6.08 Å². The average Bonchev–Trinajstić information content (AvgIpc) is 3.54. The van der Waals surface area contributed by atoms with Crippen molar-refractivity contribution < 1.29 is 28.7 Å². The van der Waals surface area contributed by atoms with Crippen molar-refractivity contribution in [2.24, 2.45) is 22.7 Å². The van der Waals surface area contributed by atoms with Crippen LogP contribution < -0.4 is 9.64 Å². The van der Waals surface area contributed by atoms with Gasteiger partial charge in [0.15, 0.2) is 0 Å². The number of rotatable bonds is 11. The number of benzene rings is 1. The predicted molar refractivity (Wildman–Crippen MR) is 164 cm³/mol. The van der Waals surface area contributed by atoms with E-state index >= 15 is 0 Å². The summed E-state index contributed by atoms with van der Waals surface area (Å²) in [6.07, 6.45) is 10.6. The van der Waals surface area contributed by atoms with Crippen molar-refractivity contribution in [3.05, 3.63) is 59.5 Å². The van der Waals surface area contributed by atoms with Gasteiger partial charge in [-0.2, -0.15) is 0 Å². The Morgan fingerprint density at radius 3 is 2.73 bits per heavy atom. The van der Waals surface area contributed by atoms with Gasteiger partial charge < -0.3 is 14.4 Å². The Hall–Kier alpha value is -4.08. The Labute approximate surface area is 258 Å². The fourth-order valence-corrected chi connectivity index (χ4v) is 7.86. The zero-order chi connectivity index (χ0) is 31.6. The van der Waals surface area contributed by atoms with Gasteiger partial charge in [0, 0.05) is 6.54 Å². The van der Waals surface area contributed by atoms with Crippen molar-refractivity contribution in [1.29, 1.82) is 0 Å². The van der Waals surface area contributed by atoms with Crippen LogP contribution in [0.4, 0.5) is 5.69 Å². The lowest BCUT2D eigenvalue weighted by molar-refractivity contribution is -0.144. The summed E-state index contributed by atoms with van der Waals surface area (Å²) in [5.74, 6) is -0.295. The summed E-state index contributed by atoms with van der Waals surface area (Å²) in [5, 5.41) is 8.11. The first-order valence-corrected chi connectivity index (χ1v) is 15.4. The van der Waals surface area contributed by atoms with Crippen molar-refractivity contribution >= 4 is 29.6 Å². The quantitative estimate of drug-likeness (QED) is 0.112. The van der Waals surface area contributed by atoms with Gasteiger partial charge in [-0.3, -0.25) is 23.9 Å². The van der Waals surface area contributed by atoms with Gasteiger partial charge in [0.2, 0.25) is 0 Å². The number of anilines is 1. The molecule has 44 heavy (non-hydrogen) atoms. The molecule has 2 aliphatic carbocycles. The maximum atomic E-state index is 12.6. The Morgan fingerprint density at radius 2 is 1.98 bits per heavy atom. The van der Waals surface area contributed by atoms with Crippen LogP contribution in [-0.4, -0.2) is 52.6 Å². The van der Waals surface area contributed by atoms with Gasteiger partial charge in [-0.05, 0) is 78.5 Å². The lowest BCUT2D eigenvalue weighted by atomic mass is 9.47. The van der Waals surface area contributed by atoms with Crippen LogP contribution in [0.1, 0.15) is 81.8 Å². The highest BCUT2D eigenvalue weighted by atomic mass is 16.5. The molecular weight excluding hydrogens is 560 g/mol. The number of carbonyl (C=O) groups is 4. The molecule has 10 heteroatoms. The highest BCUT2D eigenvalue weighted by Gasteiger charge is 2.52. The summed E-state index contributed by atoms with van der Waals surface area (Å²) in [5.41, 5.74) is 3.36. The van der Waals surface area contributed by atoms with E-state index in [1.165, 1.54) is 41.5 Å². The molecule has 3 aliphatic rings. The zero-order valence-electron chi connectivity index (χ0n) is 26.1. The first kappa shape index (κ1) is 31.3. The summed E-state index contributed by atoms with van der Waals surface area (Å²) in [6, 6.07) is 4.94. The molecule has 0 radical (unpaired) electrons. The van der Waals surface area contributed by atoms with E-state index in [1.54, 1.807) is 24.4 Å². The molecule has 2 saturated carbocycles. The van der Waals surface area contributed by atoms with E-state index in [4.69, 9.17) is 9.47 Å². The second kappa shape index (κ2) is 12.5. The maximum absolute atomic E-state index is 12.6. The van der Waals surface area contributed by atoms with Crippen LogP contribution in [0.2, 0.25) is 0 Å². The number of fused-ring (bicyclic) bond motifs is 2. The lowest BCUT2D eigenvalue weighted by Gasteiger charge is -2.58. The zero-order valence-corrected chi connectivity index (χ0v) is 26.1. The van der Waals surface area contributed by atoms with Crippen LogP contribution >= 0.6 is 0 Å². The fourth-order valence-electron chi connectivity index (χ4n) is 7.86. The summed E-state index contributed by atoms with van der Waals surface area (Å²) in [7, 11) is 1.50. The van der Waals surface area contributed by atoms with Crippen LogP contribution in [0.25, 0.3) is 0 Å². The van der Waals surface area contributed by atoms with Crippen molar-refractivity contribution in [2.45, 2.75) is 78.9 Å². The Kier molecular flexibility index (Phi) is 8.90. The number of Topliss-reactive ketones (excluding diaryl/α,β-unsaturated/α-hetero) is 1. The number of methoxy groups -OCH3 is 1. The summed E-state index contributed by atoms with van der Waals surface area (Å²) in [6.45, 7) is 12.0. The Morgan fingerprint density at radius 1 is 1.18 bits per heavy atom. The predicted octanol–water partition coefficient (Wildman–Crippen LogP) is 5.26. The third-order valence-electron chi connectivity index (χ3n) is 10.1. The van der Waals surface area contributed by atoms with Crippen molar-refractivity contribution in [3.8, 4) is 5.75 Å². The van der Waals surface area contributed by atoms with Crippen molar-refractivity contribution in [2.75, 3.05) is 18.6 Å². The SMILES string of the molecule is C=C1CC[C@H]2C(C)(C)CCC[C@]2(C)[C@H]1C/C=C(/C=O)CC(=O)OCc1cn(CCN2C(=O)C(=O)c3cc(OC)ccc32)nn1. The molecule has 2 fully saturated rings. The topological polar surface area (TPSA) is 121 Å². The Bertz CT molecular complexity index is 1510. The molecule has 2 aromatic rings. The number of ether oxygens (including phenoxy) is 2. The van der Waals surface area contributed by atoms with Gasteiger partial charge in [0.05, 0.1) is 37.5 Å². The molecule has 1 aromatic heterocycles. The number of esters is 1. The van der Waals surface area contributed by atoms with Gasteiger partial charge in [-0.25, -0.2) is 0 Å². The summed E-state index contributed by atoms with van der Waals surface area (Å²) in [4.78, 5) is 50.9. The minimum Gasteiger partial charge on any atom is -0.497 e. The standard InChI is InChI=1S/C34H42N4O6/c1-22-7-12-29-33(2,3)13-6-14-34(29,4)27(22)10-8-23(20-39)17-30(40)44-21-24-19-37(36-35-24)15-16-38-28-11-9-25(43-5)18-26(28)31(41)32(38)42/h8-9,11,18-20,27,29H,1,6-7,10,12-17,21H2,2-5H3/b23-8+/t27-,29-,34+/m0/s1. The minimum atomic E-state index is -0.606. The molecule has 0 spiro atoms. The highest BCUT2D eigenvalue weighted by Crippen LogP contribution is 2.61. The van der Waals surface area contributed by atoms with Crippen LogP contribution in [0.5, 0.6) is 5.75 Å². The average molecular weight is 603 g/mol. The molecule has 1 amide bonds. The van der Waals surface area contributed by atoms with Gasteiger partial charge in [-0.15, -0.1) is 5.10 Å². The van der Waals surface area contributed by atoms with Crippen molar-refractivity contribution in [3.63, 3.8) is 0 Å². The van der Waals surface area contributed by atoms with E-state index < -0.39 is 17.7 Å². The van der Waals surface area contributed by atoms with E-state index in [2.05, 4.69) is 37.7 Å². The second-order valence-electron chi connectivity index (χ2n) is 13.3. The summed E-state index contributed by atoms with van der Waals surface area (Å²) >= 11 is 0. The molecule has 3 atom stereocenters. The third-order valence-corrected chi connectivity index (χ3v) is 10.1. The van der Waals surface area contributed by atoms with E-state index in [0.29, 0.717) is 46.0 Å². The number of allylic oxidation sites excluding steroid dienone is 2. The number of hydrogen-bond donors (Lipinski definition) is 0. The molecule has 1 aliphatic heterocycles. The van der Waals surface area contributed by atoms with Gasteiger partial charge >= 0.3 is 5.97 Å². The van der Waals surface area contributed by atoms with Crippen LogP contribution in [0.15, 0.2) is 48.2 Å². The lowest BCUT2D eigenvalue weighted by Crippen LogP contribution is -2.49. The summed E-state index contributed by atoms with van der Waals surface area (Å²) < 4.78 is 12.1. The number of nitrogens with zero attached hydrogens (tertiary/aromatic N) is 4. The number of carbonyl (C=O) groups excluding carboxylic acids is 4. The molecule has 0 saturated heterocycles. The normalized spacial score (nSPS) is 24.6. The molecule has 0 N–H and O–H groups in total. The van der Waals surface area contributed by atoms with E-state index in [-0.39, 0.29) is 37.5 Å². The highest BCUT2D eigenvalue weighted by molar-refractivity contribution is 6.52. The van der Waals surface area contributed by atoms with Gasteiger partial charge in [-0.1, -0.05) is 50.6 Å². The molecule has 234 valence electrons. The second-order valence-corrected chi connectivity index (χ2v) is 13.3. The number of hydrogen-bond acceptors (Lipinski definition) is 8. The molecule has 10 nitrogen and oxygen atoms in total. The molecule has 2 heterocycles. The smallest absolute Gasteiger partial charge is 0.310 e. The van der Waals surface area contributed by atoms with Crippen LogP contribution in [-0.2, 0) is 32.3 Å². The van der Waals surface area contributed by atoms with Crippen LogP contribution in [0.3, 0.4) is 0 Å². The largest absolute Gasteiger partial charge is 0.497 e. The van der Waals surface area contributed by atoms with E-state index in [9.17, 15) is 19.2 Å². The number of aldehydes is 1. The van der Waals surface area contributed by atoms with Crippen molar-refractivity contribution in [1.82, 2.24) is 15.0 Å². The van der Waals surface area contributed by atoms with E-state index in [0.717, 1.165) is 19.1 Å². The van der Waals surface area contributed by atoms with Gasteiger partial charge in [0.1, 0.15) is 24.3 Å². The first-order valence-electron chi connectivity index (χ1n) is 15.4. The minimum absolute atomic E-state index is 0.0943. The fraction of sp³-hybridized carbons (Fsp3) is 0.529. The number of ketones is 1. The Balaban J connectivity index is 1.13. The third kappa shape index (κ3) is 6.12. The number of amides is 1. The van der Waals surface area contributed by atoms with Gasteiger partial charge in [0.25, 0.3) is 11.7 Å². The molecular formula is C34H42N4O6.